The van der Waals surface area contributed by atoms with Gasteiger partial charge in [-0.3, -0.25) is 0 Å². The lowest BCUT2D eigenvalue weighted by atomic mass is 9.90. The normalized spacial score (nSPS) is 19.5. The second kappa shape index (κ2) is 4.39. The van der Waals surface area contributed by atoms with E-state index in [1.165, 1.54) is 51.5 Å². The molecule has 0 saturated heterocycles. The predicted molar refractivity (Wildman–Crippen MR) is 80.2 cm³/mol. The fourth-order valence-corrected chi connectivity index (χ4v) is 3.53. The zero-order valence-electron chi connectivity index (χ0n) is 11.2. The molecule has 3 rings (SSSR count). The average Bonchev–Trinajstić information content (AvgIpc) is 2.73. The van der Waals surface area contributed by atoms with Crippen LogP contribution in [0.1, 0.15) is 23.2 Å². The number of fused-ring (bicyclic) bond motifs is 3. The fourth-order valence-electron chi connectivity index (χ4n) is 3.10. The number of nitrogens with zero attached hydrogens (tertiary/aromatic N) is 1. The number of nitrogens with one attached hydrogen (secondary N) is 1. The second-order valence-corrected chi connectivity index (χ2v) is 6.41. The summed E-state index contributed by atoms with van der Waals surface area (Å²) in [6.45, 7) is 2.21. The molecule has 0 spiro atoms. The van der Waals surface area contributed by atoms with Gasteiger partial charge in [-0.25, -0.2) is 0 Å². The molecule has 0 fully saturated rings. The average molecular weight is 307 g/mol. The molecule has 0 radical (unpaired) electrons. The quantitative estimate of drug-likeness (QED) is 0.852. The van der Waals surface area contributed by atoms with Crippen molar-refractivity contribution in [2.45, 2.75) is 32.2 Å². The van der Waals surface area contributed by atoms with Gasteiger partial charge in [0.05, 0.1) is 5.52 Å². The molecule has 0 aliphatic heterocycles. The highest BCUT2D eigenvalue weighted by atomic mass is 79.9. The van der Waals surface area contributed by atoms with Crippen molar-refractivity contribution in [3.05, 3.63) is 33.4 Å². The number of likely N-dealkylation sites (N-methyl/N-ethyl adjacent to an activating group) is 1. The van der Waals surface area contributed by atoms with E-state index in [9.17, 15) is 0 Å². The predicted octanol–water partition coefficient (Wildman–Crippen LogP) is 3.66. The molecule has 1 heterocycles. The van der Waals surface area contributed by atoms with Crippen LogP contribution in [0.25, 0.3) is 10.9 Å². The Kier molecular flexibility index (Phi) is 2.99. The fraction of sp³-hybridized carbons (Fsp3) is 0.467. The third-order valence-corrected chi connectivity index (χ3v) is 4.86. The highest BCUT2D eigenvalue weighted by Crippen LogP contribution is 2.35. The van der Waals surface area contributed by atoms with Crippen LogP contribution in [-0.4, -0.2) is 30.0 Å². The number of aromatic amines is 1. The zero-order valence-corrected chi connectivity index (χ0v) is 12.8. The molecule has 96 valence electrons. The van der Waals surface area contributed by atoms with E-state index in [1.807, 2.05) is 0 Å². The molecule has 2 aromatic rings. The Morgan fingerprint density at radius 1 is 1.33 bits per heavy atom. The Hall–Kier alpha value is -0.800. The number of benzene rings is 1. The number of hydrogen-bond acceptors (Lipinski definition) is 1. The van der Waals surface area contributed by atoms with Crippen LogP contribution in [0.4, 0.5) is 0 Å². The van der Waals surface area contributed by atoms with Crippen LogP contribution >= 0.6 is 15.9 Å². The summed E-state index contributed by atoms with van der Waals surface area (Å²) in [5.74, 6) is 0. The molecule has 1 aromatic carbocycles. The largest absolute Gasteiger partial charge is 0.357 e. The molecule has 1 aliphatic carbocycles. The van der Waals surface area contributed by atoms with Crippen LogP contribution in [-0.2, 0) is 12.8 Å². The summed E-state index contributed by atoms with van der Waals surface area (Å²) in [4.78, 5) is 5.98. The second-order valence-electron chi connectivity index (χ2n) is 5.56. The summed E-state index contributed by atoms with van der Waals surface area (Å²) in [7, 11) is 4.38. The van der Waals surface area contributed by atoms with Gasteiger partial charge in [-0.15, -0.1) is 0 Å². The maximum Gasteiger partial charge on any atom is 0.0606 e. The Morgan fingerprint density at radius 2 is 2.11 bits per heavy atom. The SMILES string of the molecule is Cc1ccc(Br)c2[nH]c3c(c12)CC(N(C)C)CC3. The van der Waals surface area contributed by atoms with Crippen molar-refractivity contribution in [1.82, 2.24) is 9.88 Å². The minimum atomic E-state index is 0.676. The van der Waals surface area contributed by atoms with Crippen LogP contribution in [0.5, 0.6) is 0 Å². The van der Waals surface area contributed by atoms with E-state index >= 15 is 0 Å². The molecule has 3 heteroatoms. The highest BCUT2D eigenvalue weighted by molar-refractivity contribution is 9.10. The summed E-state index contributed by atoms with van der Waals surface area (Å²) >= 11 is 3.66. The number of H-pyrrole nitrogens is 1. The molecular weight excluding hydrogens is 288 g/mol. The summed E-state index contributed by atoms with van der Waals surface area (Å²) in [6.07, 6.45) is 3.59. The number of halogens is 1. The molecule has 0 bridgehead atoms. The summed E-state index contributed by atoms with van der Waals surface area (Å²) < 4.78 is 1.18. The number of aryl methyl sites for hydroxylation is 2. The maximum atomic E-state index is 3.66. The Bertz CT molecular complexity index is 598. The van der Waals surface area contributed by atoms with E-state index in [1.54, 1.807) is 0 Å². The van der Waals surface area contributed by atoms with Gasteiger partial charge in [-0.05, 0) is 73.4 Å². The Labute approximate surface area is 116 Å². The van der Waals surface area contributed by atoms with Crippen LogP contribution in [0.2, 0.25) is 0 Å². The Balaban J connectivity index is 2.18. The number of rotatable bonds is 1. The van der Waals surface area contributed by atoms with Crippen molar-refractivity contribution >= 4 is 26.8 Å². The lowest BCUT2D eigenvalue weighted by Gasteiger charge is -2.28. The molecule has 1 aliphatic rings. The van der Waals surface area contributed by atoms with Crippen LogP contribution in [0, 0.1) is 6.92 Å². The van der Waals surface area contributed by atoms with E-state index in [0.29, 0.717) is 6.04 Å². The van der Waals surface area contributed by atoms with Gasteiger partial charge in [0.25, 0.3) is 0 Å². The first-order valence-corrected chi connectivity index (χ1v) is 7.32. The molecule has 2 nitrogen and oxygen atoms in total. The third kappa shape index (κ3) is 1.81. The first-order chi connectivity index (χ1) is 8.58. The topological polar surface area (TPSA) is 19.0 Å². The van der Waals surface area contributed by atoms with Crippen LogP contribution in [0.3, 0.4) is 0 Å². The van der Waals surface area contributed by atoms with Crippen molar-refractivity contribution in [3.63, 3.8) is 0 Å². The summed E-state index contributed by atoms with van der Waals surface area (Å²) in [5, 5.41) is 1.44. The van der Waals surface area contributed by atoms with Gasteiger partial charge < -0.3 is 9.88 Å². The molecular formula is C15H19BrN2. The van der Waals surface area contributed by atoms with Gasteiger partial charge in [-0.1, -0.05) is 6.07 Å². The van der Waals surface area contributed by atoms with E-state index < -0.39 is 0 Å². The molecule has 1 unspecified atom stereocenters. The third-order valence-electron chi connectivity index (χ3n) is 4.20. The van der Waals surface area contributed by atoms with Crippen LogP contribution < -0.4 is 0 Å². The molecule has 18 heavy (non-hydrogen) atoms. The van der Waals surface area contributed by atoms with Crippen molar-refractivity contribution in [2.24, 2.45) is 0 Å². The molecule has 1 N–H and O–H groups in total. The van der Waals surface area contributed by atoms with Crippen molar-refractivity contribution < 1.29 is 0 Å². The van der Waals surface area contributed by atoms with Gasteiger partial charge in [0.2, 0.25) is 0 Å². The van der Waals surface area contributed by atoms with E-state index in [4.69, 9.17) is 0 Å². The zero-order chi connectivity index (χ0) is 12.9. The molecule has 1 aromatic heterocycles. The highest BCUT2D eigenvalue weighted by Gasteiger charge is 2.24. The first-order valence-electron chi connectivity index (χ1n) is 6.53. The first kappa shape index (κ1) is 12.2. The lowest BCUT2D eigenvalue weighted by Crippen LogP contribution is -2.33. The summed E-state index contributed by atoms with van der Waals surface area (Å²) in [5.41, 5.74) is 5.64. The van der Waals surface area contributed by atoms with E-state index in [0.717, 1.165) is 0 Å². The Morgan fingerprint density at radius 3 is 2.83 bits per heavy atom. The van der Waals surface area contributed by atoms with Crippen molar-refractivity contribution in [2.75, 3.05) is 14.1 Å². The van der Waals surface area contributed by atoms with Gasteiger partial charge >= 0.3 is 0 Å². The van der Waals surface area contributed by atoms with E-state index in [-0.39, 0.29) is 0 Å². The summed E-state index contributed by atoms with van der Waals surface area (Å²) in [6, 6.07) is 5.03. The minimum absolute atomic E-state index is 0.676. The molecule has 0 saturated carbocycles. The smallest absolute Gasteiger partial charge is 0.0606 e. The van der Waals surface area contributed by atoms with Gasteiger partial charge in [0.1, 0.15) is 0 Å². The molecule has 0 amide bonds. The van der Waals surface area contributed by atoms with Gasteiger partial charge in [0, 0.05) is 21.6 Å². The standard InChI is InChI=1S/C15H19BrN2/c1-9-4-6-12(16)15-14(9)11-8-10(18(2)3)5-7-13(11)17-15/h4,6,10,17H,5,7-8H2,1-3H3. The van der Waals surface area contributed by atoms with Crippen LogP contribution in [0.15, 0.2) is 16.6 Å². The molecule has 1 atom stereocenters. The maximum absolute atomic E-state index is 3.66. The lowest BCUT2D eigenvalue weighted by molar-refractivity contribution is 0.268. The minimum Gasteiger partial charge on any atom is -0.357 e. The number of aromatic nitrogens is 1. The number of hydrogen-bond donors (Lipinski definition) is 1. The van der Waals surface area contributed by atoms with Gasteiger partial charge in [-0.2, -0.15) is 0 Å². The van der Waals surface area contributed by atoms with E-state index in [2.05, 4.69) is 59.0 Å². The van der Waals surface area contributed by atoms with Crippen molar-refractivity contribution in [3.8, 4) is 0 Å². The monoisotopic (exact) mass is 306 g/mol. The van der Waals surface area contributed by atoms with Gasteiger partial charge in [0.15, 0.2) is 0 Å². The van der Waals surface area contributed by atoms with Crippen molar-refractivity contribution in [1.29, 1.82) is 0 Å².